The van der Waals surface area contributed by atoms with Gasteiger partial charge in [0.15, 0.2) is 0 Å². The molecule has 3 aromatic carbocycles. The Morgan fingerprint density at radius 2 is 1.53 bits per heavy atom. The lowest BCUT2D eigenvalue weighted by Crippen LogP contribution is -2.23. The third-order valence-corrected chi connectivity index (χ3v) is 5.26. The van der Waals surface area contributed by atoms with Crippen molar-refractivity contribution in [3.63, 3.8) is 0 Å². The van der Waals surface area contributed by atoms with E-state index in [9.17, 15) is 9.59 Å². The Morgan fingerprint density at radius 1 is 0.882 bits per heavy atom. The van der Waals surface area contributed by atoms with Crippen molar-refractivity contribution >= 4 is 34.8 Å². The molecule has 3 aromatic rings. The number of rotatable bonds is 9. The first-order valence-electron chi connectivity index (χ1n) is 10.6. The monoisotopic (exact) mass is 479 g/mol. The molecule has 8 heteroatoms. The number of carbonyl (C=O) groups is 2. The van der Waals surface area contributed by atoms with Crippen molar-refractivity contribution in [1.82, 2.24) is 5.43 Å². The van der Waals surface area contributed by atoms with E-state index in [1.165, 1.54) is 14.2 Å². The highest BCUT2D eigenvalue weighted by atomic mass is 35.5. The van der Waals surface area contributed by atoms with Crippen molar-refractivity contribution in [2.75, 3.05) is 19.5 Å². The van der Waals surface area contributed by atoms with Crippen LogP contribution in [0.3, 0.4) is 0 Å². The molecule has 0 atom stereocenters. The smallest absolute Gasteiger partial charge is 0.244 e. The van der Waals surface area contributed by atoms with Crippen LogP contribution < -0.4 is 20.2 Å². The molecular formula is C26H26ClN3O4. The predicted octanol–water partition coefficient (Wildman–Crippen LogP) is 5.09. The fourth-order valence-electron chi connectivity index (χ4n) is 3.25. The lowest BCUT2D eigenvalue weighted by atomic mass is 10.0. The van der Waals surface area contributed by atoms with Gasteiger partial charge in [-0.15, -0.1) is 0 Å². The van der Waals surface area contributed by atoms with Crippen molar-refractivity contribution in [1.29, 1.82) is 0 Å². The highest BCUT2D eigenvalue weighted by molar-refractivity contribution is 6.32. The third-order valence-electron chi connectivity index (χ3n) is 4.96. The lowest BCUT2D eigenvalue weighted by molar-refractivity contribution is -0.120. The zero-order chi connectivity index (χ0) is 24.5. The van der Waals surface area contributed by atoms with Crippen LogP contribution in [0.2, 0.25) is 5.02 Å². The third kappa shape index (κ3) is 6.83. The average Bonchev–Trinajstić information content (AvgIpc) is 2.84. The molecule has 0 aliphatic rings. The number of anilines is 1. The van der Waals surface area contributed by atoms with Crippen LogP contribution in [0.5, 0.6) is 11.5 Å². The highest BCUT2D eigenvalue weighted by Gasteiger charge is 2.13. The number of hydrazone groups is 1. The summed E-state index contributed by atoms with van der Waals surface area (Å²) in [4.78, 5) is 24.7. The van der Waals surface area contributed by atoms with Crippen LogP contribution in [0.25, 0.3) is 11.1 Å². The molecule has 0 bridgehead atoms. The maximum absolute atomic E-state index is 12.4. The fraction of sp³-hybridized carbons (Fsp3) is 0.192. The number of methoxy groups -OCH3 is 2. The van der Waals surface area contributed by atoms with E-state index in [2.05, 4.69) is 15.8 Å². The van der Waals surface area contributed by atoms with Gasteiger partial charge in [-0.2, -0.15) is 5.10 Å². The van der Waals surface area contributed by atoms with Gasteiger partial charge in [0.1, 0.15) is 11.5 Å². The largest absolute Gasteiger partial charge is 0.495 e. The van der Waals surface area contributed by atoms with Crippen molar-refractivity contribution in [3.05, 3.63) is 77.3 Å². The van der Waals surface area contributed by atoms with Gasteiger partial charge >= 0.3 is 0 Å². The minimum absolute atomic E-state index is 0.0137. The van der Waals surface area contributed by atoms with Crippen LogP contribution in [-0.2, 0) is 16.0 Å². The molecule has 0 heterocycles. The molecule has 34 heavy (non-hydrogen) atoms. The summed E-state index contributed by atoms with van der Waals surface area (Å²) in [7, 11) is 2.96. The van der Waals surface area contributed by atoms with Crippen molar-refractivity contribution in [2.45, 2.75) is 19.8 Å². The van der Waals surface area contributed by atoms with E-state index in [0.717, 1.165) is 16.7 Å². The van der Waals surface area contributed by atoms with Gasteiger partial charge in [-0.25, -0.2) is 5.43 Å². The lowest BCUT2D eigenvalue weighted by Gasteiger charge is -2.13. The first kappa shape index (κ1) is 24.8. The molecule has 2 amide bonds. The number of benzene rings is 3. The van der Waals surface area contributed by atoms with E-state index in [-0.39, 0.29) is 24.7 Å². The summed E-state index contributed by atoms with van der Waals surface area (Å²) in [6, 6.07) is 21.0. The SMILES string of the molecule is COc1cc(NC(=O)C/C(C)=N/NC(=O)Cc2ccc(-c3ccccc3)cc2)c(OC)cc1Cl. The number of halogens is 1. The first-order chi connectivity index (χ1) is 16.4. The second-order valence-electron chi connectivity index (χ2n) is 7.53. The molecule has 0 aromatic heterocycles. The summed E-state index contributed by atoms with van der Waals surface area (Å²) >= 11 is 6.09. The molecule has 0 saturated heterocycles. The van der Waals surface area contributed by atoms with Crippen LogP contribution in [0, 0.1) is 0 Å². The van der Waals surface area contributed by atoms with E-state index < -0.39 is 0 Å². The normalized spacial score (nSPS) is 11.0. The Labute approximate surface area is 203 Å². The standard InChI is InChI=1S/C26H26ClN3O4/c1-17(13-25(31)28-22-16-23(33-2)21(27)15-24(22)34-3)29-30-26(32)14-18-9-11-20(12-10-18)19-7-5-4-6-8-19/h4-12,15-16H,13-14H2,1-3H3,(H,28,31)(H,30,32)/b29-17+. The Balaban J connectivity index is 1.53. The molecule has 0 unspecified atom stereocenters. The second-order valence-corrected chi connectivity index (χ2v) is 7.94. The quantitative estimate of drug-likeness (QED) is 0.330. The number of nitrogens with zero attached hydrogens (tertiary/aromatic N) is 1. The van der Waals surface area contributed by atoms with Gasteiger partial charge in [-0.05, 0) is 23.6 Å². The number of nitrogens with one attached hydrogen (secondary N) is 2. The van der Waals surface area contributed by atoms with E-state index >= 15 is 0 Å². The van der Waals surface area contributed by atoms with Crippen LogP contribution >= 0.6 is 11.6 Å². The molecular weight excluding hydrogens is 454 g/mol. The average molecular weight is 480 g/mol. The molecule has 2 N–H and O–H groups in total. The fourth-order valence-corrected chi connectivity index (χ4v) is 3.48. The number of ether oxygens (including phenoxy) is 2. The first-order valence-corrected chi connectivity index (χ1v) is 10.9. The number of hydrogen-bond acceptors (Lipinski definition) is 5. The molecule has 7 nitrogen and oxygen atoms in total. The summed E-state index contributed by atoms with van der Waals surface area (Å²) in [6.45, 7) is 1.66. The summed E-state index contributed by atoms with van der Waals surface area (Å²) in [6.07, 6.45) is 0.167. The van der Waals surface area contributed by atoms with Crippen LogP contribution in [-0.4, -0.2) is 31.7 Å². The Kier molecular flexibility index (Phi) is 8.65. The summed E-state index contributed by atoms with van der Waals surface area (Å²) < 4.78 is 10.4. The zero-order valence-corrected chi connectivity index (χ0v) is 20.0. The molecule has 0 spiro atoms. The van der Waals surface area contributed by atoms with E-state index in [1.807, 2.05) is 54.6 Å². The highest BCUT2D eigenvalue weighted by Crippen LogP contribution is 2.35. The second kappa shape index (κ2) is 11.9. The van der Waals surface area contributed by atoms with E-state index in [0.29, 0.717) is 27.9 Å². The van der Waals surface area contributed by atoms with Gasteiger partial charge in [0, 0.05) is 17.8 Å². The molecule has 0 aliphatic carbocycles. The Bertz CT molecular complexity index is 1180. The van der Waals surface area contributed by atoms with Gasteiger partial charge in [0.05, 0.1) is 37.8 Å². The van der Waals surface area contributed by atoms with Crippen LogP contribution in [0.15, 0.2) is 71.8 Å². The minimum atomic E-state index is -0.324. The van der Waals surface area contributed by atoms with Crippen molar-refractivity contribution < 1.29 is 19.1 Å². The number of hydrogen-bond donors (Lipinski definition) is 2. The van der Waals surface area contributed by atoms with Gasteiger partial charge in [0.2, 0.25) is 11.8 Å². The number of amides is 2. The summed E-state index contributed by atoms with van der Waals surface area (Å²) in [5.41, 5.74) is 6.44. The number of carbonyl (C=O) groups excluding carboxylic acids is 2. The summed E-state index contributed by atoms with van der Waals surface area (Å²) in [5.74, 6) is 0.221. The Hall–Kier alpha value is -3.84. The van der Waals surface area contributed by atoms with E-state index in [1.54, 1.807) is 19.1 Å². The van der Waals surface area contributed by atoms with E-state index in [4.69, 9.17) is 21.1 Å². The maximum atomic E-state index is 12.4. The molecule has 0 radical (unpaired) electrons. The Morgan fingerprint density at radius 3 is 2.18 bits per heavy atom. The molecule has 0 aliphatic heterocycles. The van der Waals surface area contributed by atoms with Crippen molar-refractivity contribution in [3.8, 4) is 22.6 Å². The van der Waals surface area contributed by atoms with Crippen LogP contribution in [0.1, 0.15) is 18.9 Å². The predicted molar refractivity (Wildman–Crippen MR) is 135 cm³/mol. The minimum Gasteiger partial charge on any atom is -0.495 e. The molecule has 176 valence electrons. The van der Waals surface area contributed by atoms with Crippen LogP contribution in [0.4, 0.5) is 5.69 Å². The molecule has 0 fully saturated rings. The van der Waals surface area contributed by atoms with Crippen molar-refractivity contribution in [2.24, 2.45) is 5.10 Å². The molecule has 0 saturated carbocycles. The topological polar surface area (TPSA) is 89.0 Å². The van der Waals surface area contributed by atoms with Gasteiger partial charge in [-0.3, -0.25) is 9.59 Å². The van der Waals surface area contributed by atoms with Gasteiger partial charge in [-0.1, -0.05) is 66.2 Å². The molecule has 3 rings (SSSR count). The van der Waals surface area contributed by atoms with Gasteiger partial charge in [0.25, 0.3) is 0 Å². The summed E-state index contributed by atoms with van der Waals surface area (Å²) in [5, 5.41) is 7.15. The zero-order valence-electron chi connectivity index (χ0n) is 19.2. The maximum Gasteiger partial charge on any atom is 0.244 e. The van der Waals surface area contributed by atoms with Gasteiger partial charge < -0.3 is 14.8 Å².